The molecule has 0 bridgehead atoms. The normalized spacial score (nSPS) is 11.7. The molecule has 1 aromatic carbocycles. The van der Waals surface area contributed by atoms with Gasteiger partial charge < -0.3 is 19.9 Å². The van der Waals surface area contributed by atoms with Crippen molar-refractivity contribution in [1.29, 1.82) is 0 Å². The van der Waals surface area contributed by atoms with Gasteiger partial charge in [-0.05, 0) is 24.6 Å². The van der Waals surface area contributed by atoms with Gasteiger partial charge in [0, 0.05) is 19.2 Å². The average molecular weight is 295 g/mol. The number of hydrogen-bond donors (Lipinski definition) is 2. The molecule has 0 aliphatic heterocycles. The topological polar surface area (TPSA) is 84.9 Å². The molecule has 0 heterocycles. The third-order valence-corrected chi connectivity index (χ3v) is 2.79. The number of benzene rings is 1. The molecule has 2 N–H and O–H groups in total. The van der Waals surface area contributed by atoms with Crippen LogP contribution in [0.3, 0.4) is 0 Å². The Hall–Kier alpha value is -2.08. The van der Waals surface area contributed by atoms with E-state index in [1.807, 2.05) is 6.92 Å². The van der Waals surface area contributed by atoms with Gasteiger partial charge in [0.25, 0.3) is 5.91 Å². The molecular weight excluding hydrogens is 274 g/mol. The zero-order valence-electron chi connectivity index (χ0n) is 12.3. The van der Waals surface area contributed by atoms with Gasteiger partial charge in [-0.1, -0.05) is 13.0 Å². The van der Waals surface area contributed by atoms with Gasteiger partial charge in [-0.15, -0.1) is 0 Å². The van der Waals surface area contributed by atoms with Crippen LogP contribution in [0, 0.1) is 0 Å². The first-order valence-electron chi connectivity index (χ1n) is 6.82. The van der Waals surface area contributed by atoms with E-state index in [2.05, 4.69) is 5.32 Å². The second kappa shape index (κ2) is 8.97. The predicted octanol–water partition coefficient (Wildman–Crippen LogP) is 1.69. The molecule has 0 fully saturated rings. The molecule has 0 saturated carbocycles. The Morgan fingerprint density at radius 3 is 2.76 bits per heavy atom. The van der Waals surface area contributed by atoms with Crippen molar-refractivity contribution in [2.24, 2.45) is 0 Å². The Bertz CT molecular complexity index is 475. The van der Waals surface area contributed by atoms with Crippen LogP contribution in [0.15, 0.2) is 24.3 Å². The van der Waals surface area contributed by atoms with E-state index in [-0.39, 0.29) is 18.9 Å². The summed E-state index contributed by atoms with van der Waals surface area (Å²) in [6, 6.07) is 6.86. The lowest BCUT2D eigenvalue weighted by molar-refractivity contribution is -0.139. The molecule has 6 nitrogen and oxygen atoms in total. The van der Waals surface area contributed by atoms with Crippen molar-refractivity contribution >= 4 is 11.9 Å². The Balaban J connectivity index is 2.56. The van der Waals surface area contributed by atoms with Gasteiger partial charge >= 0.3 is 5.97 Å². The molecule has 1 rings (SSSR count). The summed E-state index contributed by atoms with van der Waals surface area (Å²) in [7, 11) is 1.42. The van der Waals surface area contributed by atoms with Gasteiger partial charge in [0.2, 0.25) is 0 Å². The fourth-order valence-electron chi connectivity index (χ4n) is 1.69. The molecule has 0 aliphatic carbocycles. The summed E-state index contributed by atoms with van der Waals surface area (Å²) in [5.74, 6) is -0.617. The second-order valence-corrected chi connectivity index (χ2v) is 4.54. The van der Waals surface area contributed by atoms with E-state index in [9.17, 15) is 9.59 Å². The number of amides is 1. The van der Waals surface area contributed by atoms with E-state index in [4.69, 9.17) is 14.6 Å². The molecule has 21 heavy (non-hydrogen) atoms. The lowest BCUT2D eigenvalue weighted by Gasteiger charge is -2.14. The van der Waals surface area contributed by atoms with Gasteiger partial charge in [0.1, 0.15) is 5.75 Å². The van der Waals surface area contributed by atoms with E-state index in [1.165, 1.54) is 7.11 Å². The van der Waals surface area contributed by atoms with Crippen LogP contribution < -0.4 is 10.1 Å². The molecule has 0 aliphatic rings. The lowest BCUT2D eigenvalue weighted by atomic mass is 10.2. The van der Waals surface area contributed by atoms with Crippen LogP contribution in [-0.4, -0.2) is 43.3 Å². The Morgan fingerprint density at radius 1 is 1.38 bits per heavy atom. The van der Waals surface area contributed by atoms with Crippen molar-refractivity contribution < 1.29 is 24.2 Å². The standard InChI is InChI=1S/C15H21NO5/c1-3-7-21-12-6-4-5-11(8-12)15(19)16-10-13(20-2)9-14(17)18/h4-6,8,13H,3,7,9-10H2,1-2H3,(H,16,19)(H,17,18). The van der Waals surface area contributed by atoms with Gasteiger partial charge in [0.15, 0.2) is 0 Å². The summed E-state index contributed by atoms with van der Waals surface area (Å²) in [6.45, 7) is 2.74. The van der Waals surface area contributed by atoms with E-state index in [0.717, 1.165) is 6.42 Å². The summed E-state index contributed by atoms with van der Waals surface area (Å²) < 4.78 is 10.5. The van der Waals surface area contributed by atoms with Crippen LogP contribution in [-0.2, 0) is 9.53 Å². The molecule has 116 valence electrons. The molecule has 6 heteroatoms. The molecule has 1 aromatic rings. The SMILES string of the molecule is CCCOc1cccc(C(=O)NCC(CC(=O)O)OC)c1. The van der Waals surface area contributed by atoms with Crippen molar-refractivity contribution in [3.8, 4) is 5.75 Å². The smallest absolute Gasteiger partial charge is 0.306 e. The van der Waals surface area contributed by atoms with Gasteiger partial charge in [-0.3, -0.25) is 9.59 Å². The number of carbonyl (C=O) groups excluding carboxylic acids is 1. The molecule has 1 atom stereocenters. The van der Waals surface area contributed by atoms with Crippen LogP contribution in [0.2, 0.25) is 0 Å². The minimum atomic E-state index is -0.967. The number of rotatable bonds is 9. The summed E-state index contributed by atoms with van der Waals surface area (Å²) >= 11 is 0. The minimum Gasteiger partial charge on any atom is -0.494 e. The fourth-order valence-corrected chi connectivity index (χ4v) is 1.69. The third kappa shape index (κ3) is 6.27. The molecule has 0 aromatic heterocycles. The highest BCUT2D eigenvalue weighted by atomic mass is 16.5. The number of carbonyl (C=O) groups is 2. The first-order chi connectivity index (χ1) is 10.1. The molecule has 0 spiro atoms. The predicted molar refractivity (Wildman–Crippen MR) is 77.6 cm³/mol. The molecule has 0 saturated heterocycles. The van der Waals surface area contributed by atoms with Gasteiger partial charge in [-0.2, -0.15) is 0 Å². The summed E-state index contributed by atoms with van der Waals surface area (Å²) in [6.07, 6.45) is 0.184. The Labute approximate surface area is 124 Å². The number of hydrogen-bond acceptors (Lipinski definition) is 4. The van der Waals surface area contributed by atoms with E-state index in [0.29, 0.717) is 17.9 Å². The van der Waals surface area contributed by atoms with E-state index < -0.39 is 12.1 Å². The first-order valence-corrected chi connectivity index (χ1v) is 6.82. The van der Waals surface area contributed by atoms with Crippen molar-refractivity contribution in [2.45, 2.75) is 25.9 Å². The highest BCUT2D eigenvalue weighted by Gasteiger charge is 2.14. The van der Waals surface area contributed by atoms with Crippen molar-refractivity contribution in [3.05, 3.63) is 29.8 Å². The number of carboxylic acids is 1. The highest BCUT2D eigenvalue weighted by molar-refractivity contribution is 5.94. The number of nitrogens with one attached hydrogen (secondary N) is 1. The zero-order valence-corrected chi connectivity index (χ0v) is 12.3. The maximum atomic E-state index is 12.0. The molecule has 1 unspecified atom stereocenters. The summed E-state index contributed by atoms with van der Waals surface area (Å²) in [4.78, 5) is 22.6. The fraction of sp³-hybridized carbons (Fsp3) is 0.467. The van der Waals surface area contributed by atoms with E-state index >= 15 is 0 Å². The monoisotopic (exact) mass is 295 g/mol. The first kappa shape index (κ1) is 17.0. The zero-order chi connectivity index (χ0) is 15.7. The minimum absolute atomic E-state index is 0.141. The Morgan fingerprint density at radius 2 is 2.14 bits per heavy atom. The lowest BCUT2D eigenvalue weighted by Crippen LogP contribution is -2.34. The number of methoxy groups -OCH3 is 1. The third-order valence-electron chi connectivity index (χ3n) is 2.79. The second-order valence-electron chi connectivity index (χ2n) is 4.54. The van der Waals surface area contributed by atoms with Gasteiger partial charge in [-0.25, -0.2) is 0 Å². The van der Waals surface area contributed by atoms with Crippen LogP contribution in [0.25, 0.3) is 0 Å². The van der Waals surface area contributed by atoms with Gasteiger partial charge in [0.05, 0.1) is 19.1 Å². The maximum absolute atomic E-state index is 12.0. The van der Waals surface area contributed by atoms with Crippen molar-refractivity contribution in [1.82, 2.24) is 5.32 Å². The number of ether oxygens (including phenoxy) is 2. The quantitative estimate of drug-likeness (QED) is 0.724. The molecular formula is C15H21NO5. The maximum Gasteiger partial charge on any atom is 0.306 e. The summed E-state index contributed by atoms with van der Waals surface area (Å²) in [5, 5.41) is 11.4. The number of carboxylic acid groups (broad SMARTS) is 1. The molecule has 1 amide bonds. The number of aliphatic carboxylic acids is 1. The Kier molecular flexibility index (Phi) is 7.25. The molecule has 0 radical (unpaired) electrons. The largest absolute Gasteiger partial charge is 0.494 e. The van der Waals surface area contributed by atoms with Crippen LogP contribution in [0.1, 0.15) is 30.1 Å². The van der Waals surface area contributed by atoms with E-state index in [1.54, 1.807) is 24.3 Å². The van der Waals surface area contributed by atoms with Crippen LogP contribution >= 0.6 is 0 Å². The van der Waals surface area contributed by atoms with Crippen molar-refractivity contribution in [2.75, 3.05) is 20.3 Å². The summed E-state index contributed by atoms with van der Waals surface area (Å²) in [5.41, 5.74) is 0.466. The van der Waals surface area contributed by atoms with Crippen LogP contribution in [0.5, 0.6) is 5.75 Å². The average Bonchev–Trinajstić information content (AvgIpc) is 2.48. The highest BCUT2D eigenvalue weighted by Crippen LogP contribution is 2.13. The van der Waals surface area contributed by atoms with Crippen molar-refractivity contribution in [3.63, 3.8) is 0 Å². The van der Waals surface area contributed by atoms with Crippen LogP contribution in [0.4, 0.5) is 0 Å².